The van der Waals surface area contributed by atoms with Crippen LogP contribution in [0.3, 0.4) is 0 Å². The Morgan fingerprint density at radius 2 is 2.24 bits per heavy atom. The second kappa shape index (κ2) is 6.24. The fourth-order valence-electron chi connectivity index (χ4n) is 2.39. The Bertz CT molecular complexity index is 678. The fourth-order valence-corrected chi connectivity index (χ4v) is 3.97. The maximum absolute atomic E-state index is 12.6. The van der Waals surface area contributed by atoms with E-state index in [4.69, 9.17) is 5.26 Å². The van der Waals surface area contributed by atoms with E-state index in [1.54, 1.807) is 6.07 Å². The molecule has 1 aliphatic rings. The van der Waals surface area contributed by atoms with Gasteiger partial charge in [0.05, 0.1) is 29.6 Å². The number of hydrogen-bond acceptors (Lipinski definition) is 5. The highest BCUT2D eigenvalue weighted by molar-refractivity contribution is 7.89. The van der Waals surface area contributed by atoms with Gasteiger partial charge in [-0.25, -0.2) is 8.42 Å². The molecule has 0 saturated carbocycles. The summed E-state index contributed by atoms with van der Waals surface area (Å²) in [6.45, 7) is 0.485. The number of methoxy groups -OCH3 is 1. The summed E-state index contributed by atoms with van der Waals surface area (Å²) in [5, 5.41) is 8.87. The second-order valence-electron chi connectivity index (χ2n) is 4.86. The molecule has 1 aromatic rings. The fraction of sp³-hybridized carbons (Fsp3) is 0.429. The van der Waals surface area contributed by atoms with Crippen LogP contribution in [0.4, 0.5) is 0 Å². The van der Waals surface area contributed by atoms with Gasteiger partial charge in [-0.15, -0.1) is 0 Å². The minimum atomic E-state index is -3.69. The quantitative estimate of drug-likeness (QED) is 0.781. The monoisotopic (exact) mass is 308 g/mol. The van der Waals surface area contributed by atoms with Gasteiger partial charge in [-0.2, -0.15) is 9.57 Å². The van der Waals surface area contributed by atoms with Crippen molar-refractivity contribution >= 4 is 16.0 Å². The molecule has 1 heterocycles. The highest BCUT2D eigenvalue weighted by Crippen LogP contribution is 2.24. The van der Waals surface area contributed by atoms with Gasteiger partial charge in [0.2, 0.25) is 10.0 Å². The molecule has 7 heteroatoms. The molecular weight excluding hydrogens is 292 g/mol. The molecule has 1 fully saturated rings. The third-order valence-electron chi connectivity index (χ3n) is 3.52. The van der Waals surface area contributed by atoms with Crippen molar-refractivity contribution in [3.8, 4) is 6.07 Å². The zero-order valence-electron chi connectivity index (χ0n) is 11.7. The lowest BCUT2D eigenvalue weighted by Crippen LogP contribution is -2.42. The first-order chi connectivity index (χ1) is 9.98. The van der Waals surface area contributed by atoms with Gasteiger partial charge in [-0.1, -0.05) is 6.07 Å². The van der Waals surface area contributed by atoms with Crippen molar-refractivity contribution < 1.29 is 17.9 Å². The lowest BCUT2D eigenvalue weighted by molar-refractivity contribution is -0.146. The largest absolute Gasteiger partial charge is 0.469 e. The first-order valence-electron chi connectivity index (χ1n) is 6.57. The normalized spacial score (nSPS) is 19.7. The maximum atomic E-state index is 12.6. The van der Waals surface area contributed by atoms with E-state index in [1.165, 1.54) is 29.6 Å². The Hall–Kier alpha value is -1.91. The second-order valence-corrected chi connectivity index (χ2v) is 6.80. The molecule has 1 saturated heterocycles. The van der Waals surface area contributed by atoms with E-state index in [9.17, 15) is 13.2 Å². The molecule has 0 aliphatic carbocycles. The predicted octanol–water partition coefficient (Wildman–Crippen LogP) is 1.13. The van der Waals surface area contributed by atoms with Gasteiger partial charge >= 0.3 is 5.97 Å². The van der Waals surface area contributed by atoms with E-state index in [1.807, 2.05) is 6.07 Å². The van der Waals surface area contributed by atoms with Crippen molar-refractivity contribution in [3.05, 3.63) is 29.8 Å². The molecule has 21 heavy (non-hydrogen) atoms. The first-order valence-corrected chi connectivity index (χ1v) is 8.01. The average Bonchev–Trinajstić information content (AvgIpc) is 2.54. The van der Waals surface area contributed by atoms with Crippen molar-refractivity contribution in [2.24, 2.45) is 5.92 Å². The zero-order chi connectivity index (χ0) is 15.5. The van der Waals surface area contributed by atoms with Gasteiger partial charge in [-0.3, -0.25) is 4.79 Å². The molecule has 0 spiro atoms. The highest BCUT2D eigenvalue weighted by Gasteiger charge is 2.33. The van der Waals surface area contributed by atoms with Crippen LogP contribution in [0.5, 0.6) is 0 Å². The summed E-state index contributed by atoms with van der Waals surface area (Å²) < 4.78 is 31.1. The summed E-state index contributed by atoms with van der Waals surface area (Å²) >= 11 is 0. The Morgan fingerprint density at radius 1 is 1.48 bits per heavy atom. The summed E-state index contributed by atoms with van der Waals surface area (Å²) in [5.41, 5.74) is 0.289. The van der Waals surface area contributed by atoms with Crippen LogP contribution in [-0.4, -0.2) is 38.9 Å². The molecule has 112 valence electrons. The van der Waals surface area contributed by atoms with Gasteiger partial charge < -0.3 is 4.74 Å². The van der Waals surface area contributed by atoms with Gasteiger partial charge in [0.15, 0.2) is 0 Å². The molecule has 0 bridgehead atoms. The lowest BCUT2D eigenvalue weighted by Gasteiger charge is -2.30. The van der Waals surface area contributed by atoms with Gasteiger partial charge in [0.25, 0.3) is 0 Å². The van der Waals surface area contributed by atoms with Crippen molar-refractivity contribution in [2.45, 2.75) is 17.7 Å². The van der Waals surface area contributed by atoms with Crippen LogP contribution >= 0.6 is 0 Å². The Balaban J connectivity index is 2.26. The number of piperidine rings is 1. The molecule has 1 aromatic carbocycles. The minimum Gasteiger partial charge on any atom is -0.469 e. The van der Waals surface area contributed by atoms with E-state index < -0.39 is 15.9 Å². The van der Waals surface area contributed by atoms with Crippen molar-refractivity contribution in [1.29, 1.82) is 5.26 Å². The van der Waals surface area contributed by atoms with Crippen LogP contribution in [0.25, 0.3) is 0 Å². The van der Waals surface area contributed by atoms with Crippen LogP contribution < -0.4 is 0 Å². The molecule has 6 nitrogen and oxygen atoms in total. The number of esters is 1. The molecule has 1 aliphatic heterocycles. The summed E-state index contributed by atoms with van der Waals surface area (Å²) in [4.78, 5) is 11.7. The van der Waals surface area contributed by atoms with E-state index in [0.29, 0.717) is 19.4 Å². The van der Waals surface area contributed by atoms with E-state index >= 15 is 0 Å². The first kappa shape index (κ1) is 15.5. The number of nitriles is 1. The summed E-state index contributed by atoms with van der Waals surface area (Å²) in [7, 11) is -2.40. The molecule has 0 amide bonds. The number of nitrogens with zero attached hydrogens (tertiary/aromatic N) is 2. The standard InChI is InChI=1S/C14H16N2O4S/c1-20-14(17)12-5-3-7-16(10-12)21(18,19)13-6-2-4-11(8-13)9-15/h2,4,6,8,12H,3,5,7,10H2,1H3. The predicted molar refractivity (Wildman–Crippen MR) is 74.7 cm³/mol. The smallest absolute Gasteiger partial charge is 0.309 e. The van der Waals surface area contributed by atoms with Crippen LogP contribution in [0.1, 0.15) is 18.4 Å². The maximum Gasteiger partial charge on any atom is 0.309 e. The van der Waals surface area contributed by atoms with E-state index in [0.717, 1.165) is 0 Å². The number of sulfonamides is 1. The van der Waals surface area contributed by atoms with Crippen molar-refractivity contribution in [1.82, 2.24) is 4.31 Å². The third-order valence-corrected chi connectivity index (χ3v) is 5.38. The van der Waals surface area contributed by atoms with Crippen molar-refractivity contribution in [3.63, 3.8) is 0 Å². The molecule has 0 N–H and O–H groups in total. The summed E-state index contributed by atoms with van der Waals surface area (Å²) in [5.74, 6) is -0.821. The van der Waals surface area contributed by atoms with Gasteiger partial charge in [-0.05, 0) is 31.0 Å². The number of carbonyl (C=O) groups excluding carboxylic acids is 1. The number of carbonyl (C=O) groups is 1. The molecule has 0 radical (unpaired) electrons. The Kier molecular flexibility index (Phi) is 4.60. The SMILES string of the molecule is COC(=O)C1CCCN(S(=O)(=O)c2cccc(C#N)c2)C1. The van der Waals surface area contributed by atoms with Gasteiger partial charge in [0, 0.05) is 13.1 Å². The summed E-state index contributed by atoms with van der Waals surface area (Å²) in [6, 6.07) is 7.81. The molecule has 2 rings (SSSR count). The Morgan fingerprint density at radius 3 is 2.90 bits per heavy atom. The highest BCUT2D eigenvalue weighted by atomic mass is 32.2. The van der Waals surface area contributed by atoms with Crippen molar-refractivity contribution in [2.75, 3.05) is 20.2 Å². The average molecular weight is 308 g/mol. The van der Waals surface area contributed by atoms with Crippen LogP contribution in [0, 0.1) is 17.2 Å². The van der Waals surface area contributed by atoms with Crippen LogP contribution in [-0.2, 0) is 19.6 Å². The Labute approximate surface area is 124 Å². The van der Waals surface area contributed by atoms with Gasteiger partial charge in [0.1, 0.15) is 0 Å². The number of hydrogen-bond donors (Lipinski definition) is 0. The summed E-state index contributed by atoms with van der Waals surface area (Å²) in [6.07, 6.45) is 1.23. The minimum absolute atomic E-state index is 0.0760. The number of benzene rings is 1. The number of rotatable bonds is 3. The molecular formula is C14H16N2O4S. The molecule has 0 aromatic heterocycles. The third kappa shape index (κ3) is 3.23. The van der Waals surface area contributed by atoms with Crippen LogP contribution in [0.2, 0.25) is 0 Å². The van der Waals surface area contributed by atoms with E-state index in [2.05, 4.69) is 4.74 Å². The molecule has 1 atom stereocenters. The zero-order valence-corrected chi connectivity index (χ0v) is 12.5. The van der Waals surface area contributed by atoms with Crippen LogP contribution in [0.15, 0.2) is 29.2 Å². The lowest BCUT2D eigenvalue weighted by atomic mass is 10.0. The number of ether oxygens (including phenoxy) is 1. The topological polar surface area (TPSA) is 87.5 Å². The van der Waals surface area contributed by atoms with E-state index in [-0.39, 0.29) is 23.0 Å². The molecule has 1 unspecified atom stereocenters.